The first-order valence-corrected chi connectivity index (χ1v) is 6.82. The summed E-state index contributed by atoms with van der Waals surface area (Å²) >= 11 is 5.99. The van der Waals surface area contributed by atoms with Gasteiger partial charge in [-0.15, -0.1) is 0 Å². The summed E-state index contributed by atoms with van der Waals surface area (Å²) in [5.74, 6) is -0.0635. The fourth-order valence-corrected chi connectivity index (χ4v) is 1.80. The zero-order valence-corrected chi connectivity index (χ0v) is 11.5. The van der Waals surface area contributed by atoms with Crippen molar-refractivity contribution >= 4 is 23.6 Å². The van der Waals surface area contributed by atoms with Gasteiger partial charge in [0.15, 0.2) is 0 Å². The van der Waals surface area contributed by atoms with Crippen LogP contribution in [0.5, 0.6) is 0 Å². The number of nitrogens with one attached hydrogen (secondary N) is 1. The van der Waals surface area contributed by atoms with Crippen LogP contribution in [0.2, 0.25) is 5.02 Å². The number of amides is 1. The van der Waals surface area contributed by atoms with Crippen LogP contribution in [0, 0.1) is 0 Å². The van der Waals surface area contributed by atoms with E-state index in [0.29, 0.717) is 5.02 Å². The van der Waals surface area contributed by atoms with E-state index >= 15 is 0 Å². The molecule has 18 heavy (non-hydrogen) atoms. The summed E-state index contributed by atoms with van der Waals surface area (Å²) in [6.45, 7) is 2.91. The molecule has 0 aliphatic heterocycles. The first kappa shape index (κ1) is 14.8. The third-order valence-corrected chi connectivity index (χ3v) is 2.99. The highest BCUT2D eigenvalue weighted by atomic mass is 35.5. The lowest BCUT2D eigenvalue weighted by atomic mass is 10.2. The van der Waals surface area contributed by atoms with Crippen molar-refractivity contribution in [1.82, 2.24) is 5.32 Å². The summed E-state index contributed by atoms with van der Waals surface area (Å²) in [5, 5.41) is 3.52. The van der Waals surface area contributed by atoms with Crippen LogP contribution < -0.4 is 5.32 Å². The number of hydrogen-bond acceptors (Lipinski definition) is 1. The minimum atomic E-state index is -0.0635. The highest BCUT2D eigenvalue weighted by Gasteiger charge is 1.97. The van der Waals surface area contributed by atoms with Crippen molar-refractivity contribution in [2.75, 3.05) is 6.54 Å². The molecule has 0 saturated heterocycles. The topological polar surface area (TPSA) is 29.1 Å². The molecule has 1 aromatic rings. The molecule has 0 aliphatic carbocycles. The van der Waals surface area contributed by atoms with Gasteiger partial charge in [-0.2, -0.15) is 0 Å². The molecule has 0 aliphatic rings. The van der Waals surface area contributed by atoms with E-state index in [0.717, 1.165) is 18.5 Å². The second-order valence-corrected chi connectivity index (χ2v) is 4.61. The van der Waals surface area contributed by atoms with Gasteiger partial charge in [0.05, 0.1) is 0 Å². The Balaban J connectivity index is 2.30. The third kappa shape index (κ3) is 5.87. The summed E-state index contributed by atoms with van der Waals surface area (Å²) in [5.41, 5.74) is 0.861. The van der Waals surface area contributed by atoms with Crippen LogP contribution in [0.4, 0.5) is 0 Å². The average molecular weight is 266 g/mol. The predicted octanol–water partition coefficient (Wildman–Crippen LogP) is 4.05. The molecule has 0 saturated carbocycles. The molecule has 1 rings (SSSR count). The van der Waals surface area contributed by atoms with Crippen molar-refractivity contribution in [3.63, 3.8) is 0 Å². The fraction of sp³-hybridized carbons (Fsp3) is 0.400. The van der Waals surface area contributed by atoms with Gasteiger partial charge in [0.1, 0.15) is 0 Å². The monoisotopic (exact) mass is 265 g/mol. The molecule has 0 spiro atoms. The number of carbonyl (C=O) groups excluding carboxylic acids is 1. The van der Waals surface area contributed by atoms with Crippen molar-refractivity contribution < 1.29 is 4.79 Å². The van der Waals surface area contributed by atoms with E-state index in [-0.39, 0.29) is 5.91 Å². The number of rotatable bonds is 7. The summed E-state index contributed by atoms with van der Waals surface area (Å²) in [4.78, 5) is 11.5. The van der Waals surface area contributed by atoms with E-state index in [4.69, 9.17) is 11.6 Å². The number of halogens is 1. The van der Waals surface area contributed by atoms with Crippen molar-refractivity contribution in [3.8, 4) is 0 Å². The minimum absolute atomic E-state index is 0.0635. The maximum atomic E-state index is 11.5. The Labute approximate surface area is 114 Å². The van der Waals surface area contributed by atoms with Gasteiger partial charge in [-0.05, 0) is 24.1 Å². The Bertz CT molecular complexity index is 401. The Kier molecular flexibility index (Phi) is 7.19. The van der Waals surface area contributed by atoms with E-state index < -0.39 is 0 Å². The predicted molar refractivity (Wildman–Crippen MR) is 77.6 cm³/mol. The quantitative estimate of drug-likeness (QED) is 0.585. The highest BCUT2D eigenvalue weighted by molar-refractivity contribution is 6.32. The lowest BCUT2D eigenvalue weighted by Crippen LogP contribution is -2.21. The van der Waals surface area contributed by atoms with Crippen molar-refractivity contribution in [3.05, 3.63) is 40.9 Å². The molecular formula is C15H20ClNO. The lowest BCUT2D eigenvalue weighted by Gasteiger charge is -2.01. The molecule has 0 bridgehead atoms. The summed E-state index contributed by atoms with van der Waals surface area (Å²) in [6, 6.07) is 7.46. The van der Waals surface area contributed by atoms with Gasteiger partial charge in [0.2, 0.25) is 5.91 Å². The van der Waals surface area contributed by atoms with E-state index in [1.165, 1.54) is 25.3 Å². The van der Waals surface area contributed by atoms with Gasteiger partial charge in [-0.3, -0.25) is 4.79 Å². The molecule has 0 unspecified atom stereocenters. The summed E-state index contributed by atoms with van der Waals surface area (Å²) in [6.07, 6.45) is 7.92. The van der Waals surface area contributed by atoms with Gasteiger partial charge >= 0.3 is 0 Å². The second-order valence-electron chi connectivity index (χ2n) is 4.21. The average Bonchev–Trinajstić information content (AvgIpc) is 2.37. The Morgan fingerprint density at radius 3 is 2.78 bits per heavy atom. The normalized spacial score (nSPS) is 10.8. The maximum Gasteiger partial charge on any atom is 0.243 e. The van der Waals surface area contributed by atoms with E-state index in [9.17, 15) is 4.79 Å². The molecule has 1 amide bonds. The standard InChI is InChI=1S/C15H20ClNO/c1-2-3-4-7-12-17-15(18)11-10-13-8-5-6-9-14(13)16/h5-6,8-11H,2-4,7,12H2,1H3,(H,17,18). The Morgan fingerprint density at radius 2 is 2.06 bits per heavy atom. The van der Waals surface area contributed by atoms with Gasteiger partial charge < -0.3 is 5.32 Å². The molecule has 0 radical (unpaired) electrons. The lowest BCUT2D eigenvalue weighted by molar-refractivity contribution is -0.116. The van der Waals surface area contributed by atoms with Crippen LogP contribution >= 0.6 is 11.6 Å². The van der Waals surface area contributed by atoms with Crippen LogP contribution in [0.3, 0.4) is 0 Å². The van der Waals surface area contributed by atoms with Crippen LogP contribution in [0.25, 0.3) is 6.08 Å². The largest absolute Gasteiger partial charge is 0.353 e. The Hall–Kier alpha value is -1.28. The van der Waals surface area contributed by atoms with Crippen LogP contribution in [-0.4, -0.2) is 12.5 Å². The zero-order chi connectivity index (χ0) is 13.2. The molecule has 1 aromatic carbocycles. The third-order valence-electron chi connectivity index (χ3n) is 2.65. The van der Waals surface area contributed by atoms with Crippen LogP contribution in [-0.2, 0) is 4.79 Å². The molecule has 0 fully saturated rings. The molecular weight excluding hydrogens is 246 g/mol. The number of hydrogen-bond donors (Lipinski definition) is 1. The summed E-state index contributed by atoms with van der Waals surface area (Å²) in [7, 11) is 0. The van der Waals surface area contributed by atoms with E-state index in [2.05, 4.69) is 12.2 Å². The van der Waals surface area contributed by atoms with Crippen LogP contribution in [0.15, 0.2) is 30.3 Å². The van der Waals surface area contributed by atoms with Gasteiger partial charge in [-0.1, -0.05) is 56.0 Å². The fourth-order valence-electron chi connectivity index (χ4n) is 1.60. The van der Waals surface area contributed by atoms with E-state index in [1.807, 2.05) is 24.3 Å². The van der Waals surface area contributed by atoms with Crippen LogP contribution in [0.1, 0.15) is 38.2 Å². The van der Waals surface area contributed by atoms with Gasteiger partial charge in [0, 0.05) is 17.6 Å². The smallest absolute Gasteiger partial charge is 0.243 e. The number of carbonyl (C=O) groups is 1. The first-order valence-electron chi connectivity index (χ1n) is 6.44. The Morgan fingerprint density at radius 1 is 1.28 bits per heavy atom. The zero-order valence-electron chi connectivity index (χ0n) is 10.8. The SMILES string of the molecule is CCCCCCNC(=O)C=Cc1ccccc1Cl. The molecule has 0 heterocycles. The van der Waals surface area contributed by atoms with E-state index in [1.54, 1.807) is 6.08 Å². The molecule has 2 nitrogen and oxygen atoms in total. The number of unbranched alkanes of at least 4 members (excludes halogenated alkanes) is 3. The molecule has 98 valence electrons. The minimum Gasteiger partial charge on any atom is -0.353 e. The van der Waals surface area contributed by atoms with Crippen molar-refractivity contribution in [1.29, 1.82) is 0 Å². The molecule has 3 heteroatoms. The maximum absolute atomic E-state index is 11.5. The van der Waals surface area contributed by atoms with Crippen molar-refractivity contribution in [2.24, 2.45) is 0 Å². The van der Waals surface area contributed by atoms with Gasteiger partial charge in [-0.25, -0.2) is 0 Å². The second kappa shape index (κ2) is 8.76. The number of benzene rings is 1. The summed E-state index contributed by atoms with van der Waals surface area (Å²) < 4.78 is 0. The van der Waals surface area contributed by atoms with Gasteiger partial charge in [0.25, 0.3) is 0 Å². The molecule has 0 aromatic heterocycles. The molecule has 0 atom stereocenters. The first-order chi connectivity index (χ1) is 8.74. The highest BCUT2D eigenvalue weighted by Crippen LogP contribution is 2.15. The molecule has 1 N–H and O–H groups in total. The van der Waals surface area contributed by atoms with Crippen molar-refractivity contribution in [2.45, 2.75) is 32.6 Å².